The molecule has 0 bridgehead atoms. The lowest BCUT2D eigenvalue weighted by atomic mass is 9.96. The predicted octanol–water partition coefficient (Wildman–Crippen LogP) is 3.41. The Kier molecular flexibility index (Phi) is 6.65. The summed E-state index contributed by atoms with van der Waals surface area (Å²) in [6, 6.07) is 7.52. The van der Waals surface area contributed by atoms with Gasteiger partial charge in [0.2, 0.25) is 0 Å². The highest BCUT2D eigenvalue weighted by atomic mass is 32.1. The maximum Gasteiger partial charge on any atom is 0.257 e. The van der Waals surface area contributed by atoms with Crippen LogP contribution in [0.3, 0.4) is 0 Å². The Morgan fingerprint density at radius 1 is 1.23 bits per heavy atom. The van der Waals surface area contributed by atoms with Crippen LogP contribution in [0.2, 0.25) is 0 Å². The quantitative estimate of drug-likeness (QED) is 0.816. The van der Waals surface area contributed by atoms with E-state index in [0.717, 1.165) is 25.0 Å². The van der Waals surface area contributed by atoms with Crippen molar-refractivity contribution in [2.24, 2.45) is 0 Å². The van der Waals surface area contributed by atoms with Gasteiger partial charge in [-0.2, -0.15) is 0 Å². The highest BCUT2D eigenvalue weighted by molar-refractivity contribution is 7.80. The highest BCUT2D eigenvalue weighted by Crippen LogP contribution is 2.17. The van der Waals surface area contributed by atoms with Gasteiger partial charge in [-0.05, 0) is 55.7 Å². The van der Waals surface area contributed by atoms with Gasteiger partial charge in [-0.3, -0.25) is 10.1 Å². The molecule has 1 aromatic rings. The van der Waals surface area contributed by atoms with Crippen LogP contribution in [0.5, 0.6) is 5.75 Å². The lowest BCUT2D eigenvalue weighted by molar-refractivity contribution is 0.0976. The van der Waals surface area contributed by atoms with E-state index in [2.05, 4.69) is 17.6 Å². The molecule has 4 nitrogen and oxygen atoms in total. The number of carbonyl (C=O) groups is 1. The molecule has 0 spiro atoms. The Morgan fingerprint density at radius 3 is 2.55 bits per heavy atom. The summed E-state index contributed by atoms with van der Waals surface area (Å²) >= 11 is 5.23. The van der Waals surface area contributed by atoms with E-state index >= 15 is 0 Å². The van der Waals surface area contributed by atoms with Crippen LogP contribution in [0.15, 0.2) is 24.3 Å². The molecule has 0 atom stereocenters. The van der Waals surface area contributed by atoms with E-state index in [4.69, 9.17) is 17.0 Å². The Labute approximate surface area is 137 Å². The van der Waals surface area contributed by atoms with Gasteiger partial charge in [0, 0.05) is 11.6 Å². The third-order valence-electron chi connectivity index (χ3n) is 3.76. The van der Waals surface area contributed by atoms with Gasteiger partial charge in [0.15, 0.2) is 5.11 Å². The first-order chi connectivity index (χ1) is 10.7. The average molecular weight is 320 g/mol. The van der Waals surface area contributed by atoms with Crippen molar-refractivity contribution in [3.63, 3.8) is 0 Å². The fraction of sp³-hybridized carbons (Fsp3) is 0.529. The van der Waals surface area contributed by atoms with Crippen molar-refractivity contribution in [3.8, 4) is 5.75 Å². The van der Waals surface area contributed by atoms with Gasteiger partial charge in [0.25, 0.3) is 5.91 Å². The first kappa shape index (κ1) is 16.7. The number of rotatable bonds is 5. The summed E-state index contributed by atoms with van der Waals surface area (Å²) in [7, 11) is 0. The smallest absolute Gasteiger partial charge is 0.257 e. The fourth-order valence-corrected chi connectivity index (χ4v) is 2.83. The van der Waals surface area contributed by atoms with Gasteiger partial charge >= 0.3 is 0 Å². The molecule has 1 aliphatic carbocycles. The molecule has 1 fully saturated rings. The molecule has 22 heavy (non-hydrogen) atoms. The largest absolute Gasteiger partial charge is 0.494 e. The SMILES string of the molecule is CCCOc1ccc(C(=O)NC(=S)NC2CCCCC2)cc1. The van der Waals surface area contributed by atoms with E-state index < -0.39 is 0 Å². The third kappa shape index (κ3) is 5.30. The maximum absolute atomic E-state index is 12.1. The van der Waals surface area contributed by atoms with Crippen LogP contribution in [0.25, 0.3) is 0 Å². The Hall–Kier alpha value is -1.62. The monoisotopic (exact) mass is 320 g/mol. The van der Waals surface area contributed by atoms with Crippen LogP contribution in [0.1, 0.15) is 55.8 Å². The molecule has 1 amide bonds. The number of hydrogen-bond acceptors (Lipinski definition) is 3. The normalized spacial score (nSPS) is 15.1. The zero-order valence-electron chi connectivity index (χ0n) is 13.1. The third-order valence-corrected chi connectivity index (χ3v) is 3.98. The van der Waals surface area contributed by atoms with Crippen LogP contribution >= 0.6 is 12.2 Å². The number of ether oxygens (including phenoxy) is 1. The number of hydrogen-bond donors (Lipinski definition) is 2. The summed E-state index contributed by atoms with van der Waals surface area (Å²) in [4.78, 5) is 12.1. The summed E-state index contributed by atoms with van der Waals surface area (Å²) in [6.07, 6.45) is 6.97. The molecule has 0 saturated heterocycles. The molecule has 1 saturated carbocycles. The minimum atomic E-state index is -0.185. The minimum absolute atomic E-state index is 0.185. The first-order valence-corrected chi connectivity index (χ1v) is 8.44. The van der Waals surface area contributed by atoms with Crippen molar-refractivity contribution >= 4 is 23.2 Å². The zero-order valence-corrected chi connectivity index (χ0v) is 13.9. The van der Waals surface area contributed by atoms with E-state index in [9.17, 15) is 4.79 Å². The van der Waals surface area contributed by atoms with Crippen molar-refractivity contribution in [3.05, 3.63) is 29.8 Å². The second-order valence-electron chi connectivity index (χ2n) is 5.64. The molecule has 5 heteroatoms. The highest BCUT2D eigenvalue weighted by Gasteiger charge is 2.15. The fourth-order valence-electron chi connectivity index (χ4n) is 2.57. The number of benzene rings is 1. The second kappa shape index (κ2) is 8.73. The van der Waals surface area contributed by atoms with Gasteiger partial charge in [-0.15, -0.1) is 0 Å². The molecule has 1 aliphatic rings. The molecule has 2 rings (SSSR count). The van der Waals surface area contributed by atoms with E-state index in [1.54, 1.807) is 12.1 Å². The number of carbonyl (C=O) groups excluding carboxylic acids is 1. The van der Waals surface area contributed by atoms with E-state index in [0.29, 0.717) is 23.3 Å². The van der Waals surface area contributed by atoms with Gasteiger partial charge in [0.1, 0.15) is 5.75 Å². The van der Waals surface area contributed by atoms with Crippen LogP contribution < -0.4 is 15.4 Å². The van der Waals surface area contributed by atoms with Crippen molar-refractivity contribution < 1.29 is 9.53 Å². The number of nitrogens with one attached hydrogen (secondary N) is 2. The molecule has 0 heterocycles. The van der Waals surface area contributed by atoms with E-state index in [1.165, 1.54) is 19.3 Å². The Balaban J connectivity index is 1.81. The van der Waals surface area contributed by atoms with Gasteiger partial charge < -0.3 is 10.1 Å². The molecule has 120 valence electrons. The molecule has 0 unspecified atom stereocenters. The molecule has 2 N–H and O–H groups in total. The van der Waals surface area contributed by atoms with Crippen molar-refractivity contribution in [1.29, 1.82) is 0 Å². The number of amides is 1. The maximum atomic E-state index is 12.1. The van der Waals surface area contributed by atoms with Crippen molar-refractivity contribution in [1.82, 2.24) is 10.6 Å². The zero-order chi connectivity index (χ0) is 15.8. The first-order valence-electron chi connectivity index (χ1n) is 8.03. The van der Waals surface area contributed by atoms with Crippen LogP contribution in [-0.2, 0) is 0 Å². The second-order valence-corrected chi connectivity index (χ2v) is 6.04. The predicted molar refractivity (Wildman–Crippen MR) is 92.3 cm³/mol. The number of thiocarbonyl (C=S) groups is 1. The van der Waals surface area contributed by atoms with Crippen LogP contribution in [0.4, 0.5) is 0 Å². The van der Waals surface area contributed by atoms with E-state index in [1.807, 2.05) is 12.1 Å². The lowest BCUT2D eigenvalue weighted by Gasteiger charge is -2.24. The van der Waals surface area contributed by atoms with Crippen LogP contribution in [0, 0.1) is 0 Å². The summed E-state index contributed by atoms with van der Waals surface area (Å²) in [6.45, 7) is 2.74. The standard InChI is InChI=1S/C17H24N2O2S/c1-2-12-21-15-10-8-13(9-11-15)16(20)19-17(22)18-14-6-4-3-5-7-14/h8-11,14H,2-7,12H2,1H3,(H2,18,19,20,22). The molecular weight excluding hydrogens is 296 g/mol. The molecule has 0 aromatic heterocycles. The Bertz CT molecular complexity index is 496. The van der Waals surface area contributed by atoms with Crippen molar-refractivity contribution in [2.45, 2.75) is 51.5 Å². The van der Waals surface area contributed by atoms with Gasteiger partial charge in [-0.25, -0.2) is 0 Å². The topological polar surface area (TPSA) is 50.4 Å². The molecule has 0 aliphatic heterocycles. The summed E-state index contributed by atoms with van der Waals surface area (Å²) in [5.74, 6) is 0.594. The van der Waals surface area contributed by atoms with Gasteiger partial charge in [0.05, 0.1) is 6.61 Å². The summed E-state index contributed by atoms with van der Waals surface area (Å²) < 4.78 is 5.50. The molecule has 0 radical (unpaired) electrons. The lowest BCUT2D eigenvalue weighted by Crippen LogP contribution is -2.44. The Morgan fingerprint density at radius 2 is 1.91 bits per heavy atom. The summed E-state index contributed by atoms with van der Waals surface area (Å²) in [5.41, 5.74) is 0.580. The molecule has 1 aromatic carbocycles. The molecular formula is C17H24N2O2S. The van der Waals surface area contributed by atoms with E-state index in [-0.39, 0.29) is 5.91 Å². The summed E-state index contributed by atoms with van der Waals surface area (Å²) in [5, 5.41) is 6.40. The van der Waals surface area contributed by atoms with Crippen molar-refractivity contribution in [2.75, 3.05) is 6.61 Å². The van der Waals surface area contributed by atoms with Crippen LogP contribution in [-0.4, -0.2) is 23.7 Å². The van der Waals surface area contributed by atoms with Gasteiger partial charge in [-0.1, -0.05) is 26.2 Å². The minimum Gasteiger partial charge on any atom is -0.494 e. The average Bonchev–Trinajstić information content (AvgIpc) is 2.54.